The Kier molecular flexibility index (Phi) is 5.66. The van der Waals surface area contributed by atoms with Crippen molar-refractivity contribution in [3.63, 3.8) is 0 Å². The largest absolute Gasteiger partial charge is 0.354 e. The average Bonchev–Trinajstić information content (AvgIpc) is 3.19. The lowest BCUT2D eigenvalue weighted by Gasteiger charge is -2.34. The fourth-order valence-corrected chi connectivity index (χ4v) is 5.12. The minimum Gasteiger partial charge on any atom is -0.354 e. The molecule has 4 rings (SSSR count). The van der Waals surface area contributed by atoms with Gasteiger partial charge in [0.1, 0.15) is 18.0 Å². The van der Waals surface area contributed by atoms with Gasteiger partial charge in [0.15, 0.2) is 5.65 Å². The van der Waals surface area contributed by atoms with Crippen LogP contribution in [0.1, 0.15) is 18.4 Å². The van der Waals surface area contributed by atoms with Gasteiger partial charge in [-0.05, 0) is 38.0 Å². The molecule has 0 bridgehead atoms. The molecule has 10 heteroatoms. The Labute approximate surface area is 179 Å². The van der Waals surface area contributed by atoms with E-state index in [0.29, 0.717) is 23.4 Å². The van der Waals surface area contributed by atoms with Gasteiger partial charge in [-0.1, -0.05) is 17.7 Å². The maximum atomic E-state index is 13.1. The van der Waals surface area contributed by atoms with E-state index in [9.17, 15) is 13.2 Å². The van der Waals surface area contributed by atoms with Gasteiger partial charge >= 0.3 is 0 Å². The summed E-state index contributed by atoms with van der Waals surface area (Å²) in [5, 5.41) is 3.57. The Morgan fingerprint density at radius 1 is 1.23 bits per heavy atom. The molecule has 0 spiro atoms. The topological polar surface area (TPSA) is 97.2 Å². The Hall–Kier alpha value is -2.65. The van der Waals surface area contributed by atoms with Crippen molar-refractivity contribution in [2.45, 2.75) is 30.7 Å². The number of aromatic nitrogens is 3. The molecule has 0 aliphatic carbocycles. The van der Waals surface area contributed by atoms with E-state index in [1.54, 1.807) is 30.3 Å². The molecule has 0 radical (unpaired) electrons. The highest BCUT2D eigenvalue weighted by molar-refractivity contribution is 7.90. The quantitative estimate of drug-likeness (QED) is 0.603. The summed E-state index contributed by atoms with van der Waals surface area (Å²) in [6.07, 6.45) is 4.62. The summed E-state index contributed by atoms with van der Waals surface area (Å²) >= 11 is 5.60. The van der Waals surface area contributed by atoms with Crippen molar-refractivity contribution >= 4 is 44.4 Å². The maximum absolute atomic E-state index is 13.1. The molecule has 30 heavy (non-hydrogen) atoms. The van der Waals surface area contributed by atoms with Crippen LogP contribution in [-0.2, 0) is 14.8 Å². The van der Waals surface area contributed by atoms with Crippen molar-refractivity contribution in [3.8, 4) is 0 Å². The predicted molar refractivity (Wildman–Crippen MR) is 115 cm³/mol. The highest BCUT2D eigenvalue weighted by atomic mass is 35.5. The first-order valence-corrected chi connectivity index (χ1v) is 11.6. The lowest BCUT2D eigenvalue weighted by atomic mass is 10.1. The fourth-order valence-electron chi connectivity index (χ4n) is 3.74. The number of amides is 1. The van der Waals surface area contributed by atoms with Crippen LogP contribution in [0.4, 0.5) is 5.82 Å². The predicted octanol–water partition coefficient (Wildman–Crippen LogP) is 2.30. The van der Waals surface area contributed by atoms with Crippen LogP contribution in [0.25, 0.3) is 11.0 Å². The summed E-state index contributed by atoms with van der Waals surface area (Å²) in [7, 11) is -3.78. The standard InChI is InChI=1S/C20H22ClN5O3S/c1-14-4-6-16(7-5-14)30(28,29)26-10-8-17-19(22-13-23-20(17)26)25-9-2-3-15(12-25)24-18(27)11-21/h4-8,10,13,15H,2-3,9,11-12H2,1H3,(H,24,27)/t15-/m1/s1. The highest BCUT2D eigenvalue weighted by Crippen LogP contribution is 2.28. The number of alkyl halides is 1. The van der Waals surface area contributed by atoms with E-state index in [1.807, 2.05) is 6.92 Å². The van der Waals surface area contributed by atoms with Crippen LogP contribution in [0.15, 0.2) is 47.8 Å². The highest BCUT2D eigenvalue weighted by Gasteiger charge is 2.26. The minimum absolute atomic E-state index is 0.0339. The zero-order valence-electron chi connectivity index (χ0n) is 16.5. The molecular weight excluding hydrogens is 426 g/mol. The monoisotopic (exact) mass is 447 g/mol. The van der Waals surface area contributed by atoms with Gasteiger partial charge in [0, 0.05) is 25.3 Å². The van der Waals surface area contributed by atoms with Crippen molar-refractivity contribution in [3.05, 3.63) is 48.4 Å². The van der Waals surface area contributed by atoms with Crippen LogP contribution in [0.5, 0.6) is 0 Å². The molecule has 1 aliphatic heterocycles. The second-order valence-corrected chi connectivity index (χ2v) is 9.43. The smallest absolute Gasteiger partial charge is 0.269 e. The van der Waals surface area contributed by atoms with Crippen LogP contribution < -0.4 is 10.2 Å². The van der Waals surface area contributed by atoms with E-state index >= 15 is 0 Å². The zero-order valence-corrected chi connectivity index (χ0v) is 18.0. The van der Waals surface area contributed by atoms with Crippen LogP contribution in [-0.4, -0.2) is 53.3 Å². The molecule has 1 aromatic carbocycles. The van der Waals surface area contributed by atoms with Crippen molar-refractivity contribution < 1.29 is 13.2 Å². The number of carbonyl (C=O) groups is 1. The normalized spacial score (nSPS) is 17.3. The fraction of sp³-hybridized carbons (Fsp3) is 0.350. The zero-order chi connectivity index (χ0) is 21.3. The van der Waals surface area contributed by atoms with Crippen molar-refractivity contribution in [1.29, 1.82) is 0 Å². The van der Waals surface area contributed by atoms with Gasteiger partial charge in [0.25, 0.3) is 10.0 Å². The van der Waals surface area contributed by atoms with Gasteiger partial charge in [-0.15, -0.1) is 11.6 Å². The minimum atomic E-state index is -3.78. The van der Waals surface area contributed by atoms with Crippen LogP contribution in [0, 0.1) is 6.92 Å². The van der Waals surface area contributed by atoms with E-state index in [0.717, 1.165) is 24.9 Å². The number of hydrogen-bond donors (Lipinski definition) is 1. The molecule has 3 aromatic rings. The summed E-state index contributed by atoms with van der Waals surface area (Å²) in [5.74, 6) is 0.378. The third-order valence-electron chi connectivity index (χ3n) is 5.21. The number of halogens is 1. The molecular formula is C20H22ClN5O3S. The molecule has 1 aliphatic rings. The molecule has 1 fully saturated rings. The maximum Gasteiger partial charge on any atom is 0.269 e. The number of nitrogens with zero attached hydrogens (tertiary/aromatic N) is 4. The Balaban J connectivity index is 1.69. The van der Waals surface area contributed by atoms with Crippen molar-refractivity contribution in [2.75, 3.05) is 23.9 Å². The third kappa shape index (κ3) is 3.87. The first-order chi connectivity index (χ1) is 14.4. The number of hydrogen-bond acceptors (Lipinski definition) is 6. The first kappa shape index (κ1) is 20.6. The molecule has 1 N–H and O–H groups in total. The van der Waals surface area contributed by atoms with Gasteiger partial charge in [-0.3, -0.25) is 4.79 Å². The first-order valence-electron chi connectivity index (χ1n) is 9.64. The van der Waals surface area contributed by atoms with Gasteiger partial charge in [-0.2, -0.15) is 0 Å². The van der Waals surface area contributed by atoms with E-state index in [4.69, 9.17) is 11.6 Å². The number of aryl methyl sites for hydroxylation is 1. The summed E-state index contributed by atoms with van der Waals surface area (Å²) in [6, 6.07) is 8.40. The van der Waals surface area contributed by atoms with E-state index in [2.05, 4.69) is 20.2 Å². The van der Waals surface area contributed by atoms with Gasteiger partial charge in [0.05, 0.1) is 10.3 Å². The van der Waals surface area contributed by atoms with Crippen molar-refractivity contribution in [1.82, 2.24) is 19.3 Å². The summed E-state index contributed by atoms with van der Waals surface area (Å²) in [4.78, 5) is 22.6. The lowest BCUT2D eigenvalue weighted by Crippen LogP contribution is -2.48. The number of rotatable bonds is 5. The molecule has 3 heterocycles. The van der Waals surface area contributed by atoms with Gasteiger partial charge in [-0.25, -0.2) is 22.4 Å². The Morgan fingerprint density at radius 2 is 2.00 bits per heavy atom. The molecule has 1 atom stereocenters. The number of nitrogens with one attached hydrogen (secondary N) is 1. The van der Waals surface area contributed by atoms with Crippen molar-refractivity contribution in [2.24, 2.45) is 0 Å². The summed E-state index contributed by atoms with van der Waals surface area (Å²) < 4.78 is 27.5. The molecule has 0 saturated carbocycles. The van der Waals surface area contributed by atoms with Crippen LogP contribution >= 0.6 is 11.6 Å². The Morgan fingerprint density at radius 3 is 2.73 bits per heavy atom. The van der Waals surface area contributed by atoms with Gasteiger partial charge < -0.3 is 10.2 Å². The molecule has 2 aromatic heterocycles. The second-order valence-electron chi connectivity index (χ2n) is 7.35. The second kappa shape index (κ2) is 8.23. The van der Waals surface area contributed by atoms with Crippen LogP contribution in [0.3, 0.4) is 0 Å². The molecule has 1 saturated heterocycles. The lowest BCUT2D eigenvalue weighted by molar-refractivity contribution is -0.119. The SMILES string of the molecule is Cc1ccc(S(=O)(=O)n2ccc3c(N4CCC[C@@H](NC(=O)CCl)C4)ncnc32)cc1. The molecule has 0 unspecified atom stereocenters. The summed E-state index contributed by atoms with van der Waals surface area (Å²) in [5.41, 5.74) is 1.31. The third-order valence-corrected chi connectivity index (χ3v) is 7.14. The number of piperidine rings is 1. The number of carbonyl (C=O) groups excluding carboxylic acids is 1. The van der Waals surface area contributed by atoms with Gasteiger partial charge in [0.2, 0.25) is 5.91 Å². The van der Waals surface area contributed by atoms with E-state index < -0.39 is 10.0 Å². The van der Waals surface area contributed by atoms with E-state index in [1.165, 1.54) is 16.5 Å². The number of benzene rings is 1. The molecule has 8 nitrogen and oxygen atoms in total. The van der Waals surface area contributed by atoms with Crippen LogP contribution in [0.2, 0.25) is 0 Å². The Bertz CT molecular complexity index is 1180. The van der Waals surface area contributed by atoms with E-state index in [-0.39, 0.29) is 22.7 Å². The summed E-state index contributed by atoms with van der Waals surface area (Å²) in [6.45, 7) is 3.24. The number of fused-ring (bicyclic) bond motifs is 1. The average molecular weight is 448 g/mol. The number of anilines is 1. The molecule has 1 amide bonds. The molecule has 158 valence electrons.